The van der Waals surface area contributed by atoms with Gasteiger partial charge in [0.05, 0.1) is 27.8 Å². The highest BCUT2D eigenvalue weighted by atomic mass is 16.3. The fourth-order valence-corrected chi connectivity index (χ4v) is 7.40. The number of benzene rings is 8. The number of hydrogen-bond acceptors (Lipinski definition) is 3. The lowest BCUT2D eigenvalue weighted by molar-refractivity contribution is 0.669. The van der Waals surface area contributed by atoms with Crippen LogP contribution in [0.2, 0.25) is 0 Å². The van der Waals surface area contributed by atoms with Gasteiger partial charge in [0, 0.05) is 21.7 Å². The van der Waals surface area contributed by atoms with Crippen molar-refractivity contribution in [2.75, 3.05) is 4.90 Å². The van der Waals surface area contributed by atoms with Gasteiger partial charge >= 0.3 is 0 Å². The summed E-state index contributed by atoms with van der Waals surface area (Å²) >= 11 is 0. The summed E-state index contributed by atoms with van der Waals surface area (Å²) in [5.41, 5.74) is 8.83. The fraction of sp³-hybridized carbons (Fsp3) is 0. The van der Waals surface area contributed by atoms with E-state index in [1.807, 2.05) is 18.2 Å². The monoisotopic (exact) mass is 601 g/mol. The molecule has 0 aliphatic rings. The number of hydrogen-bond donors (Lipinski definition) is 0. The third kappa shape index (κ3) is 3.87. The van der Waals surface area contributed by atoms with Crippen LogP contribution in [0.5, 0.6) is 0 Å². The molecule has 47 heavy (non-hydrogen) atoms. The van der Waals surface area contributed by atoms with Gasteiger partial charge in [-0.05, 0) is 64.2 Å². The van der Waals surface area contributed by atoms with Crippen molar-refractivity contribution in [3.8, 4) is 11.1 Å². The minimum Gasteiger partial charge on any atom is -0.456 e. The second-order valence-corrected chi connectivity index (χ2v) is 12.0. The van der Waals surface area contributed by atoms with Crippen molar-refractivity contribution in [2.24, 2.45) is 0 Å². The Labute approximate surface area is 270 Å². The average Bonchev–Trinajstić information content (AvgIpc) is 3.72. The fourth-order valence-electron chi connectivity index (χ4n) is 7.40. The predicted octanol–water partition coefficient (Wildman–Crippen LogP) is 12.9. The Hall–Kier alpha value is -6.32. The predicted molar refractivity (Wildman–Crippen MR) is 196 cm³/mol. The van der Waals surface area contributed by atoms with Gasteiger partial charge in [-0.15, -0.1) is 0 Å². The highest BCUT2D eigenvalue weighted by Gasteiger charge is 2.26. The number of furan rings is 2. The first-order valence-corrected chi connectivity index (χ1v) is 15.9. The SMILES string of the molecule is c1ccc(-c2ccc(N(c3cccc4ccc5ccccc5c34)c3cccc4oc5ccccc5c34)c3c2oc2ccccc23)cc1. The van der Waals surface area contributed by atoms with Gasteiger partial charge in [0.25, 0.3) is 0 Å². The molecule has 2 aromatic heterocycles. The second-order valence-electron chi connectivity index (χ2n) is 12.0. The molecule has 10 rings (SSSR count). The average molecular weight is 602 g/mol. The van der Waals surface area contributed by atoms with Crippen LogP contribution in [-0.2, 0) is 0 Å². The van der Waals surface area contributed by atoms with E-state index in [0.29, 0.717) is 0 Å². The zero-order chi connectivity index (χ0) is 30.9. The second kappa shape index (κ2) is 10.1. The zero-order valence-corrected chi connectivity index (χ0v) is 25.4. The number of nitrogens with zero attached hydrogens (tertiary/aromatic N) is 1. The van der Waals surface area contributed by atoms with Crippen LogP contribution in [0.1, 0.15) is 0 Å². The van der Waals surface area contributed by atoms with Crippen LogP contribution in [0.3, 0.4) is 0 Å². The standard InChI is InChI=1S/C44H27NO2/c1-2-12-28(13-3-1)32-26-27-37(43-34-18-7-9-22-39(34)47-44(32)43)45(36-20-11-23-40-42(36)33-17-6-8-21-38(33)46-40)35-19-10-15-30-25-24-29-14-4-5-16-31(29)41(30)35/h1-27H. The molecule has 2 heterocycles. The Kier molecular flexibility index (Phi) is 5.57. The Morgan fingerprint density at radius 2 is 0.915 bits per heavy atom. The smallest absolute Gasteiger partial charge is 0.145 e. The maximum atomic E-state index is 6.76. The van der Waals surface area contributed by atoms with Crippen molar-refractivity contribution in [3.05, 3.63) is 164 Å². The first-order valence-electron chi connectivity index (χ1n) is 15.9. The Morgan fingerprint density at radius 3 is 1.74 bits per heavy atom. The normalized spacial score (nSPS) is 11.8. The van der Waals surface area contributed by atoms with Gasteiger partial charge in [-0.25, -0.2) is 0 Å². The summed E-state index contributed by atoms with van der Waals surface area (Å²) in [7, 11) is 0. The van der Waals surface area contributed by atoms with Crippen molar-refractivity contribution in [2.45, 2.75) is 0 Å². The molecule has 0 saturated heterocycles. The molecule has 0 radical (unpaired) electrons. The van der Waals surface area contributed by atoms with E-state index in [1.165, 1.54) is 21.5 Å². The summed E-state index contributed by atoms with van der Waals surface area (Å²) in [4.78, 5) is 2.43. The molecule has 0 unspecified atom stereocenters. The maximum Gasteiger partial charge on any atom is 0.145 e. The third-order valence-electron chi connectivity index (χ3n) is 9.44. The van der Waals surface area contributed by atoms with E-state index in [4.69, 9.17) is 8.83 Å². The largest absolute Gasteiger partial charge is 0.456 e. The van der Waals surface area contributed by atoms with Crippen molar-refractivity contribution in [1.29, 1.82) is 0 Å². The highest BCUT2D eigenvalue weighted by Crippen LogP contribution is 2.50. The summed E-state index contributed by atoms with van der Waals surface area (Å²) in [5, 5.41) is 9.12. The summed E-state index contributed by atoms with van der Waals surface area (Å²) < 4.78 is 13.2. The van der Waals surface area contributed by atoms with Crippen LogP contribution in [-0.4, -0.2) is 0 Å². The molecule has 8 aromatic carbocycles. The lowest BCUT2D eigenvalue weighted by Crippen LogP contribution is -2.11. The molecule has 220 valence electrons. The summed E-state index contributed by atoms with van der Waals surface area (Å²) in [6.45, 7) is 0. The van der Waals surface area contributed by atoms with Gasteiger partial charge in [-0.2, -0.15) is 0 Å². The molecule has 0 saturated carbocycles. The van der Waals surface area contributed by atoms with E-state index in [9.17, 15) is 0 Å². The number of fused-ring (bicyclic) bond motifs is 9. The quantitative estimate of drug-likeness (QED) is 0.188. The molecule has 0 fully saturated rings. The van der Waals surface area contributed by atoms with Gasteiger partial charge in [-0.1, -0.05) is 121 Å². The van der Waals surface area contributed by atoms with Crippen LogP contribution in [0.4, 0.5) is 17.1 Å². The van der Waals surface area contributed by atoms with E-state index in [2.05, 4.69) is 150 Å². The lowest BCUT2D eigenvalue weighted by atomic mass is 9.97. The zero-order valence-electron chi connectivity index (χ0n) is 25.4. The third-order valence-corrected chi connectivity index (χ3v) is 9.44. The van der Waals surface area contributed by atoms with Gasteiger partial charge < -0.3 is 13.7 Å². The van der Waals surface area contributed by atoms with Crippen molar-refractivity contribution >= 4 is 82.5 Å². The molecule has 0 aliphatic carbocycles. The first kappa shape index (κ1) is 26.0. The van der Waals surface area contributed by atoms with Crippen LogP contribution < -0.4 is 4.90 Å². The molecule has 0 aliphatic heterocycles. The van der Waals surface area contributed by atoms with Gasteiger partial charge in [0.15, 0.2) is 0 Å². The number of para-hydroxylation sites is 2. The van der Waals surface area contributed by atoms with Crippen LogP contribution >= 0.6 is 0 Å². The molecule has 0 amide bonds. The molecule has 3 heteroatoms. The molecule has 10 aromatic rings. The lowest BCUT2D eigenvalue weighted by Gasteiger charge is -2.29. The minimum atomic E-state index is 0.855. The van der Waals surface area contributed by atoms with E-state index in [0.717, 1.165) is 72.1 Å². The molecular weight excluding hydrogens is 574 g/mol. The molecule has 0 spiro atoms. The van der Waals surface area contributed by atoms with E-state index in [-0.39, 0.29) is 0 Å². The molecule has 0 N–H and O–H groups in total. The van der Waals surface area contributed by atoms with Crippen LogP contribution in [0.25, 0.3) is 76.5 Å². The van der Waals surface area contributed by atoms with Crippen LogP contribution in [0, 0.1) is 0 Å². The topological polar surface area (TPSA) is 29.5 Å². The highest BCUT2D eigenvalue weighted by molar-refractivity contribution is 6.23. The number of anilines is 3. The van der Waals surface area contributed by atoms with Gasteiger partial charge in [0.1, 0.15) is 22.3 Å². The minimum absolute atomic E-state index is 0.855. The van der Waals surface area contributed by atoms with Gasteiger partial charge in [0.2, 0.25) is 0 Å². The van der Waals surface area contributed by atoms with Crippen molar-refractivity contribution in [1.82, 2.24) is 0 Å². The Bertz CT molecular complexity index is 2810. The maximum absolute atomic E-state index is 6.76. The number of rotatable bonds is 4. The summed E-state index contributed by atoms with van der Waals surface area (Å²) in [6, 6.07) is 57.8. The van der Waals surface area contributed by atoms with E-state index >= 15 is 0 Å². The van der Waals surface area contributed by atoms with E-state index < -0.39 is 0 Å². The molecule has 3 nitrogen and oxygen atoms in total. The molecule has 0 atom stereocenters. The Morgan fingerprint density at radius 1 is 0.340 bits per heavy atom. The first-order chi connectivity index (χ1) is 23.3. The van der Waals surface area contributed by atoms with E-state index in [1.54, 1.807) is 0 Å². The van der Waals surface area contributed by atoms with Crippen LogP contribution in [0.15, 0.2) is 173 Å². The van der Waals surface area contributed by atoms with Gasteiger partial charge in [-0.3, -0.25) is 0 Å². The van der Waals surface area contributed by atoms with Crippen molar-refractivity contribution in [3.63, 3.8) is 0 Å². The van der Waals surface area contributed by atoms with Crippen molar-refractivity contribution < 1.29 is 8.83 Å². The molecule has 0 bridgehead atoms. The summed E-state index contributed by atoms with van der Waals surface area (Å²) in [5.74, 6) is 0. The summed E-state index contributed by atoms with van der Waals surface area (Å²) in [6.07, 6.45) is 0. The molecular formula is C44H27NO2. The Balaban J connectivity index is 1.40.